The average Bonchev–Trinajstić information content (AvgIpc) is 3.10. The molecule has 1 aliphatic rings. The summed E-state index contributed by atoms with van der Waals surface area (Å²) in [7, 11) is 1.65. The average molecular weight is 351 g/mol. The van der Waals surface area contributed by atoms with Gasteiger partial charge in [-0.15, -0.1) is 11.3 Å². The smallest absolute Gasteiger partial charge is 0.332 e. The highest BCUT2D eigenvalue weighted by Gasteiger charge is 2.32. The molecule has 130 valence electrons. The number of fused-ring (bicyclic) bond motifs is 1. The van der Waals surface area contributed by atoms with Crippen LogP contribution in [-0.4, -0.2) is 32.0 Å². The van der Waals surface area contributed by atoms with Gasteiger partial charge in [0.25, 0.3) is 5.56 Å². The van der Waals surface area contributed by atoms with Crippen molar-refractivity contribution in [3.63, 3.8) is 0 Å². The number of aromatic nitrogens is 3. The van der Waals surface area contributed by atoms with Crippen molar-refractivity contribution in [3.8, 4) is 0 Å². The highest BCUT2D eigenvalue weighted by Crippen LogP contribution is 2.31. The van der Waals surface area contributed by atoms with Crippen molar-refractivity contribution in [2.45, 2.75) is 39.5 Å². The molecular formula is C15H21N5O3S. The fourth-order valence-electron chi connectivity index (χ4n) is 2.91. The normalized spacial score (nSPS) is 16.3. The molecule has 9 heteroatoms. The van der Waals surface area contributed by atoms with Gasteiger partial charge in [0.1, 0.15) is 16.5 Å². The molecule has 24 heavy (non-hydrogen) atoms. The van der Waals surface area contributed by atoms with Gasteiger partial charge in [0.15, 0.2) is 0 Å². The fourth-order valence-corrected chi connectivity index (χ4v) is 3.68. The molecule has 1 atom stereocenters. The predicted octanol–water partition coefficient (Wildman–Crippen LogP) is 0.472. The van der Waals surface area contributed by atoms with Crippen LogP contribution in [0.3, 0.4) is 0 Å². The molecule has 0 radical (unpaired) electrons. The Kier molecular flexibility index (Phi) is 4.46. The van der Waals surface area contributed by atoms with E-state index in [1.165, 1.54) is 9.13 Å². The third kappa shape index (κ3) is 2.73. The van der Waals surface area contributed by atoms with Crippen LogP contribution in [0.15, 0.2) is 15.0 Å². The molecule has 0 saturated heterocycles. The van der Waals surface area contributed by atoms with Gasteiger partial charge < -0.3 is 15.3 Å². The monoisotopic (exact) mass is 351 g/mol. The minimum Gasteiger partial charge on any atom is -0.396 e. The van der Waals surface area contributed by atoms with Gasteiger partial charge in [-0.1, -0.05) is 0 Å². The molecule has 1 aliphatic heterocycles. The molecule has 3 rings (SSSR count). The van der Waals surface area contributed by atoms with E-state index in [0.717, 1.165) is 10.7 Å². The fraction of sp³-hybridized carbons (Fsp3) is 0.533. The van der Waals surface area contributed by atoms with E-state index in [1.807, 2.05) is 24.1 Å². The number of aryl methyl sites for hydroxylation is 1. The lowest BCUT2D eigenvalue weighted by atomic mass is 10.3. The highest BCUT2D eigenvalue weighted by molar-refractivity contribution is 7.09. The van der Waals surface area contributed by atoms with E-state index in [0.29, 0.717) is 24.5 Å². The van der Waals surface area contributed by atoms with Crippen LogP contribution in [0.1, 0.15) is 24.0 Å². The number of nitrogens with one attached hydrogen (secondary N) is 1. The number of hydrogen-bond acceptors (Lipinski definition) is 7. The molecule has 0 aromatic carbocycles. The largest absolute Gasteiger partial charge is 0.396 e. The van der Waals surface area contributed by atoms with Crippen LogP contribution in [0.25, 0.3) is 0 Å². The van der Waals surface area contributed by atoms with E-state index in [9.17, 15) is 9.59 Å². The minimum absolute atomic E-state index is 0.0660. The first-order valence-corrected chi connectivity index (χ1v) is 8.71. The van der Waals surface area contributed by atoms with Gasteiger partial charge in [-0.25, -0.2) is 9.78 Å². The van der Waals surface area contributed by atoms with Crippen LogP contribution in [-0.2, 0) is 20.1 Å². The Bertz CT molecular complexity index is 869. The Morgan fingerprint density at radius 3 is 2.79 bits per heavy atom. The first-order valence-electron chi connectivity index (χ1n) is 7.83. The second-order valence-corrected chi connectivity index (χ2v) is 6.85. The molecule has 2 N–H and O–H groups in total. The van der Waals surface area contributed by atoms with Gasteiger partial charge >= 0.3 is 5.69 Å². The molecule has 0 spiro atoms. The third-order valence-electron chi connectivity index (χ3n) is 4.14. The highest BCUT2D eigenvalue weighted by atomic mass is 32.1. The molecule has 0 saturated carbocycles. The zero-order valence-corrected chi connectivity index (χ0v) is 14.8. The minimum atomic E-state index is -0.376. The molecule has 3 heterocycles. The third-order valence-corrected chi connectivity index (χ3v) is 5.09. The Morgan fingerprint density at radius 1 is 1.42 bits per heavy atom. The van der Waals surface area contributed by atoms with Gasteiger partial charge in [-0.2, -0.15) is 0 Å². The van der Waals surface area contributed by atoms with Crippen LogP contribution < -0.4 is 21.5 Å². The van der Waals surface area contributed by atoms with E-state index < -0.39 is 0 Å². The van der Waals surface area contributed by atoms with E-state index in [1.54, 1.807) is 18.4 Å². The summed E-state index contributed by atoms with van der Waals surface area (Å²) in [4.78, 5) is 31.7. The first-order chi connectivity index (χ1) is 11.4. The summed E-state index contributed by atoms with van der Waals surface area (Å²) < 4.78 is 2.65. The van der Waals surface area contributed by atoms with Crippen molar-refractivity contribution in [2.75, 3.05) is 16.8 Å². The van der Waals surface area contributed by atoms with E-state index in [-0.39, 0.29) is 30.6 Å². The lowest BCUT2D eigenvalue weighted by Crippen LogP contribution is -2.41. The Balaban J connectivity index is 2.07. The molecule has 2 aromatic heterocycles. The van der Waals surface area contributed by atoms with Gasteiger partial charge in [-0.05, 0) is 20.3 Å². The molecule has 0 fully saturated rings. The number of anilines is 2. The van der Waals surface area contributed by atoms with Crippen LogP contribution in [0.5, 0.6) is 0 Å². The summed E-state index contributed by atoms with van der Waals surface area (Å²) >= 11 is 1.55. The summed E-state index contributed by atoms with van der Waals surface area (Å²) in [5.41, 5.74) is 0.733. The van der Waals surface area contributed by atoms with Gasteiger partial charge in [-0.3, -0.25) is 13.9 Å². The predicted molar refractivity (Wildman–Crippen MR) is 93.8 cm³/mol. The van der Waals surface area contributed by atoms with Crippen LogP contribution in [0.4, 0.5) is 11.5 Å². The van der Waals surface area contributed by atoms with E-state index >= 15 is 0 Å². The number of hydrogen-bond donors (Lipinski definition) is 2. The molecule has 2 aromatic rings. The summed E-state index contributed by atoms with van der Waals surface area (Å²) in [5.74, 6) is 0.533. The first kappa shape index (κ1) is 16.7. The molecule has 0 aliphatic carbocycles. The molecule has 0 amide bonds. The Hall–Kier alpha value is -2.13. The number of aliphatic hydroxyl groups excluding tert-OH is 1. The van der Waals surface area contributed by atoms with Crippen molar-refractivity contribution in [3.05, 3.63) is 36.9 Å². The summed E-state index contributed by atoms with van der Waals surface area (Å²) in [6, 6.07) is 0. The quantitative estimate of drug-likeness (QED) is 0.814. The molecular weight excluding hydrogens is 330 g/mol. The summed E-state index contributed by atoms with van der Waals surface area (Å²) in [6.45, 7) is 4.53. The van der Waals surface area contributed by atoms with Crippen molar-refractivity contribution < 1.29 is 5.11 Å². The summed E-state index contributed by atoms with van der Waals surface area (Å²) in [5, 5.41) is 15.1. The van der Waals surface area contributed by atoms with Crippen LogP contribution in [0.2, 0.25) is 0 Å². The van der Waals surface area contributed by atoms with Crippen molar-refractivity contribution in [1.82, 2.24) is 14.1 Å². The number of aliphatic hydroxyl groups is 1. The number of thiazole rings is 1. The van der Waals surface area contributed by atoms with E-state index in [2.05, 4.69) is 10.3 Å². The molecule has 1 unspecified atom stereocenters. The lowest BCUT2D eigenvalue weighted by molar-refractivity contribution is 0.277. The maximum absolute atomic E-state index is 12.9. The zero-order chi connectivity index (χ0) is 17.4. The van der Waals surface area contributed by atoms with Crippen LogP contribution >= 0.6 is 11.3 Å². The van der Waals surface area contributed by atoms with Gasteiger partial charge in [0.05, 0.1) is 12.7 Å². The Morgan fingerprint density at radius 2 is 2.17 bits per heavy atom. The van der Waals surface area contributed by atoms with E-state index in [4.69, 9.17) is 5.11 Å². The van der Waals surface area contributed by atoms with Gasteiger partial charge in [0.2, 0.25) is 0 Å². The topological polar surface area (TPSA) is 92.4 Å². The summed E-state index contributed by atoms with van der Waals surface area (Å²) in [6.07, 6.45) is 0.249. The van der Waals surface area contributed by atoms with Gasteiger partial charge in [0, 0.05) is 31.3 Å². The molecule has 8 nitrogen and oxygen atoms in total. The Labute approximate surface area is 143 Å². The van der Waals surface area contributed by atoms with Crippen molar-refractivity contribution in [2.24, 2.45) is 7.05 Å². The standard InChI is InChI=1S/C15H21N5O3S/c1-9-8-24-11(16-9)7-20-10(2)17-13-12(20)14(22)19(5-4-6-21)15(23)18(13)3/h8,10,17,21H,4-7H2,1-3H3. The zero-order valence-electron chi connectivity index (χ0n) is 13.9. The second-order valence-electron chi connectivity index (χ2n) is 5.90. The van der Waals surface area contributed by atoms with Crippen LogP contribution in [0, 0.1) is 6.92 Å². The molecule has 0 bridgehead atoms. The maximum atomic E-state index is 12.9. The second kappa shape index (κ2) is 6.40. The number of nitrogens with zero attached hydrogens (tertiary/aromatic N) is 4. The lowest BCUT2D eigenvalue weighted by Gasteiger charge is -2.22. The maximum Gasteiger partial charge on any atom is 0.332 e. The number of rotatable bonds is 5. The van der Waals surface area contributed by atoms with Crippen molar-refractivity contribution in [1.29, 1.82) is 0 Å². The SMILES string of the molecule is Cc1csc(CN2c3c(n(C)c(=O)n(CCCO)c3=O)NC2C)n1. The van der Waals surface area contributed by atoms with Crippen molar-refractivity contribution >= 4 is 22.8 Å².